The molecule has 0 aliphatic carbocycles. The molecule has 0 bridgehead atoms. The number of methoxy groups -OCH3 is 1. The minimum atomic E-state index is -0.0581. The first-order valence-electron chi connectivity index (χ1n) is 9.47. The number of hydrogen-bond acceptors (Lipinski definition) is 5. The molecule has 3 aromatic rings. The SMILES string of the molecule is COc1cccc2oc(CCN3CCN(c4ccccc4Cl)CC3)cc(=O)c12.Cl.Cl. The number of halogens is 3. The summed E-state index contributed by atoms with van der Waals surface area (Å²) in [6.45, 7) is 4.63. The van der Waals surface area contributed by atoms with Gasteiger partial charge in [0.25, 0.3) is 0 Å². The van der Waals surface area contributed by atoms with Crippen molar-refractivity contribution in [2.45, 2.75) is 6.42 Å². The second kappa shape index (κ2) is 10.9. The summed E-state index contributed by atoms with van der Waals surface area (Å²) in [6.07, 6.45) is 0.703. The molecule has 1 saturated heterocycles. The van der Waals surface area contributed by atoms with Crippen LogP contribution in [0.1, 0.15) is 5.76 Å². The summed E-state index contributed by atoms with van der Waals surface area (Å²) in [5, 5.41) is 1.30. The fraction of sp³-hybridized carbons (Fsp3) is 0.318. The molecular formula is C22H25Cl3N2O3. The topological polar surface area (TPSA) is 45.9 Å². The van der Waals surface area contributed by atoms with Crippen molar-refractivity contribution in [2.24, 2.45) is 0 Å². The first kappa shape index (κ1) is 24.4. The van der Waals surface area contributed by atoms with Crippen LogP contribution in [-0.4, -0.2) is 44.7 Å². The standard InChI is InChI=1S/C22H23ClN2O3.2ClH/c1-27-20-7-4-8-21-22(20)19(26)15-16(28-21)9-10-24-11-13-25(14-12-24)18-6-3-2-5-17(18)23;;/h2-8,15H,9-14H2,1H3;2*1H. The van der Waals surface area contributed by atoms with Gasteiger partial charge in [-0.3, -0.25) is 9.69 Å². The van der Waals surface area contributed by atoms with Crippen molar-refractivity contribution >= 4 is 53.1 Å². The Bertz CT molecular complexity index is 1030. The van der Waals surface area contributed by atoms with Gasteiger partial charge in [-0.05, 0) is 24.3 Å². The Morgan fingerprint density at radius 2 is 1.77 bits per heavy atom. The average Bonchev–Trinajstić information content (AvgIpc) is 2.72. The number of ether oxygens (including phenoxy) is 1. The minimum absolute atomic E-state index is 0. The molecule has 162 valence electrons. The molecule has 1 fully saturated rings. The Balaban J connectivity index is 0.00000160. The summed E-state index contributed by atoms with van der Waals surface area (Å²) in [4.78, 5) is 17.2. The van der Waals surface area contributed by atoms with Crippen LogP contribution in [0.3, 0.4) is 0 Å². The van der Waals surface area contributed by atoms with E-state index in [4.69, 9.17) is 20.8 Å². The number of benzene rings is 2. The summed E-state index contributed by atoms with van der Waals surface area (Å²) in [6, 6.07) is 15.0. The van der Waals surface area contributed by atoms with Crippen molar-refractivity contribution in [3.8, 4) is 5.75 Å². The maximum absolute atomic E-state index is 12.5. The van der Waals surface area contributed by atoms with Gasteiger partial charge in [-0.2, -0.15) is 0 Å². The van der Waals surface area contributed by atoms with Crippen LogP contribution in [-0.2, 0) is 6.42 Å². The van der Waals surface area contributed by atoms with Crippen molar-refractivity contribution in [1.82, 2.24) is 4.90 Å². The Morgan fingerprint density at radius 3 is 2.47 bits per heavy atom. The van der Waals surface area contributed by atoms with Gasteiger partial charge >= 0.3 is 0 Å². The van der Waals surface area contributed by atoms with Gasteiger partial charge in [0, 0.05) is 45.2 Å². The van der Waals surface area contributed by atoms with Gasteiger partial charge in [-0.15, -0.1) is 24.8 Å². The lowest BCUT2D eigenvalue weighted by atomic mass is 10.1. The molecule has 1 aliphatic heterocycles. The zero-order valence-electron chi connectivity index (χ0n) is 16.7. The van der Waals surface area contributed by atoms with Gasteiger partial charge in [-0.1, -0.05) is 29.8 Å². The Kier molecular flexibility index (Phi) is 8.86. The van der Waals surface area contributed by atoms with Gasteiger partial charge in [-0.25, -0.2) is 0 Å². The number of hydrogen-bond donors (Lipinski definition) is 0. The fourth-order valence-electron chi connectivity index (χ4n) is 3.71. The van der Waals surface area contributed by atoms with Crippen molar-refractivity contribution < 1.29 is 9.15 Å². The first-order valence-corrected chi connectivity index (χ1v) is 9.85. The summed E-state index contributed by atoms with van der Waals surface area (Å²) < 4.78 is 11.2. The second-order valence-electron chi connectivity index (χ2n) is 6.94. The smallest absolute Gasteiger partial charge is 0.196 e. The predicted molar refractivity (Wildman–Crippen MR) is 127 cm³/mol. The van der Waals surface area contributed by atoms with Crippen LogP contribution in [0, 0.1) is 0 Å². The van der Waals surface area contributed by atoms with E-state index in [1.54, 1.807) is 19.2 Å². The lowest BCUT2D eigenvalue weighted by Gasteiger charge is -2.36. The van der Waals surface area contributed by atoms with Gasteiger partial charge in [0.1, 0.15) is 22.5 Å². The highest BCUT2D eigenvalue weighted by Crippen LogP contribution is 2.26. The van der Waals surface area contributed by atoms with E-state index in [-0.39, 0.29) is 30.2 Å². The molecule has 8 heteroatoms. The fourth-order valence-corrected chi connectivity index (χ4v) is 3.97. The largest absolute Gasteiger partial charge is 0.496 e. The summed E-state index contributed by atoms with van der Waals surface area (Å²) in [5.41, 5.74) is 1.61. The summed E-state index contributed by atoms with van der Waals surface area (Å²) in [5.74, 6) is 1.26. The van der Waals surface area contributed by atoms with Gasteiger partial charge in [0.15, 0.2) is 5.43 Å². The van der Waals surface area contributed by atoms with E-state index in [0.717, 1.165) is 43.4 Å². The number of fused-ring (bicyclic) bond motifs is 1. The molecule has 0 amide bonds. The normalized spacial score (nSPS) is 14.1. The second-order valence-corrected chi connectivity index (χ2v) is 7.35. The molecule has 2 aromatic carbocycles. The van der Waals surface area contributed by atoms with Crippen LogP contribution in [0.2, 0.25) is 5.02 Å². The molecule has 0 N–H and O–H groups in total. The van der Waals surface area contributed by atoms with Crippen molar-refractivity contribution in [3.63, 3.8) is 0 Å². The van der Waals surface area contributed by atoms with Crippen molar-refractivity contribution in [1.29, 1.82) is 0 Å². The van der Waals surface area contributed by atoms with E-state index in [9.17, 15) is 4.79 Å². The molecule has 0 spiro atoms. The monoisotopic (exact) mass is 470 g/mol. The van der Waals surface area contributed by atoms with Crippen LogP contribution < -0.4 is 15.1 Å². The van der Waals surface area contributed by atoms with E-state index < -0.39 is 0 Å². The maximum Gasteiger partial charge on any atom is 0.196 e. The molecule has 0 atom stereocenters. The van der Waals surface area contributed by atoms with Crippen LogP contribution in [0.5, 0.6) is 5.75 Å². The molecule has 4 rings (SSSR count). The van der Waals surface area contributed by atoms with Gasteiger partial charge in [0.2, 0.25) is 0 Å². The van der Waals surface area contributed by atoms with Crippen molar-refractivity contribution in [2.75, 3.05) is 44.7 Å². The van der Waals surface area contributed by atoms with Crippen LogP contribution in [0.25, 0.3) is 11.0 Å². The summed E-state index contributed by atoms with van der Waals surface area (Å²) in [7, 11) is 1.56. The van der Waals surface area contributed by atoms with E-state index in [2.05, 4.69) is 15.9 Å². The van der Waals surface area contributed by atoms with E-state index in [1.165, 1.54) is 0 Å². The molecule has 5 nitrogen and oxygen atoms in total. The van der Waals surface area contributed by atoms with Crippen LogP contribution in [0.15, 0.2) is 57.7 Å². The molecule has 0 radical (unpaired) electrons. The van der Waals surface area contributed by atoms with E-state index in [1.807, 2.05) is 30.3 Å². The molecular weight excluding hydrogens is 447 g/mol. The number of piperazine rings is 1. The lowest BCUT2D eigenvalue weighted by molar-refractivity contribution is 0.255. The zero-order valence-corrected chi connectivity index (χ0v) is 19.1. The number of nitrogens with zero attached hydrogens (tertiary/aromatic N) is 2. The lowest BCUT2D eigenvalue weighted by Crippen LogP contribution is -2.47. The molecule has 0 unspecified atom stereocenters. The highest BCUT2D eigenvalue weighted by atomic mass is 35.5. The minimum Gasteiger partial charge on any atom is -0.496 e. The summed E-state index contributed by atoms with van der Waals surface area (Å²) >= 11 is 6.31. The van der Waals surface area contributed by atoms with Crippen molar-refractivity contribution in [3.05, 3.63) is 69.5 Å². The van der Waals surface area contributed by atoms with E-state index >= 15 is 0 Å². The van der Waals surface area contributed by atoms with Gasteiger partial charge in [0.05, 0.1) is 17.8 Å². The third kappa shape index (κ3) is 5.22. The quantitative estimate of drug-likeness (QED) is 0.541. The molecule has 0 saturated carbocycles. The number of anilines is 1. The van der Waals surface area contributed by atoms with Crippen LogP contribution >= 0.6 is 36.4 Å². The molecule has 2 heterocycles. The molecule has 30 heavy (non-hydrogen) atoms. The Hall–Kier alpha value is -1.92. The molecule has 1 aliphatic rings. The highest BCUT2D eigenvalue weighted by molar-refractivity contribution is 6.33. The van der Waals surface area contributed by atoms with E-state index in [0.29, 0.717) is 28.9 Å². The maximum atomic E-state index is 12.5. The number of para-hydroxylation sites is 1. The predicted octanol–water partition coefficient (Wildman–Crippen LogP) is 4.66. The third-order valence-corrected chi connectivity index (χ3v) is 5.55. The first-order chi connectivity index (χ1) is 13.7. The third-order valence-electron chi connectivity index (χ3n) is 5.23. The van der Waals surface area contributed by atoms with Crippen LogP contribution in [0.4, 0.5) is 5.69 Å². The highest BCUT2D eigenvalue weighted by Gasteiger charge is 2.19. The average molecular weight is 472 g/mol. The number of rotatable bonds is 5. The van der Waals surface area contributed by atoms with Gasteiger partial charge < -0.3 is 14.1 Å². The zero-order chi connectivity index (χ0) is 19.5. The Morgan fingerprint density at radius 1 is 1.03 bits per heavy atom. The Labute approximate surface area is 193 Å². The molecule has 1 aromatic heterocycles.